The zero-order valence-electron chi connectivity index (χ0n) is 10.9. The lowest BCUT2D eigenvalue weighted by Crippen LogP contribution is -2.35. The summed E-state index contributed by atoms with van der Waals surface area (Å²) in [4.78, 5) is 2.52. The molecule has 1 aliphatic heterocycles. The average molecular weight is 240 g/mol. The normalized spacial score (nSPS) is 20.9. The van der Waals surface area contributed by atoms with Gasteiger partial charge in [-0.3, -0.25) is 0 Å². The number of fused-ring (bicyclic) bond motifs is 1. The van der Waals surface area contributed by atoms with E-state index in [1.807, 2.05) is 0 Å². The number of anilines is 1. The van der Waals surface area contributed by atoms with Crippen molar-refractivity contribution >= 4 is 16.5 Å². The molecule has 0 aromatic heterocycles. The van der Waals surface area contributed by atoms with Crippen molar-refractivity contribution < 1.29 is 0 Å². The molecule has 0 amide bonds. The number of benzene rings is 2. The van der Waals surface area contributed by atoms with Crippen molar-refractivity contribution in [3.8, 4) is 0 Å². The summed E-state index contributed by atoms with van der Waals surface area (Å²) >= 11 is 0. The number of hydrogen-bond donors (Lipinski definition) is 1. The summed E-state index contributed by atoms with van der Waals surface area (Å²) in [6, 6.07) is 15.8. The number of nitrogens with zero attached hydrogens (tertiary/aromatic N) is 1. The molecule has 0 aliphatic carbocycles. The molecule has 1 atom stereocenters. The van der Waals surface area contributed by atoms with E-state index in [0.29, 0.717) is 6.04 Å². The third kappa shape index (κ3) is 2.21. The number of hydrogen-bond acceptors (Lipinski definition) is 2. The smallest absolute Gasteiger partial charge is 0.0446 e. The predicted octanol–water partition coefficient (Wildman–Crippen LogP) is 3.03. The molecular formula is C16H20N2. The Morgan fingerprint density at radius 3 is 2.89 bits per heavy atom. The minimum atomic E-state index is 0.562. The van der Waals surface area contributed by atoms with Crippen molar-refractivity contribution in [1.29, 1.82) is 0 Å². The van der Waals surface area contributed by atoms with E-state index in [4.69, 9.17) is 0 Å². The van der Waals surface area contributed by atoms with E-state index in [9.17, 15) is 0 Å². The second kappa shape index (κ2) is 4.99. The first-order valence-electron chi connectivity index (χ1n) is 6.81. The van der Waals surface area contributed by atoms with Crippen molar-refractivity contribution in [1.82, 2.24) is 5.32 Å². The Labute approximate surface area is 109 Å². The van der Waals surface area contributed by atoms with Crippen LogP contribution in [0.15, 0.2) is 42.5 Å². The van der Waals surface area contributed by atoms with E-state index in [2.05, 4.69) is 59.6 Å². The highest BCUT2D eigenvalue weighted by molar-refractivity contribution is 5.94. The van der Waals surface area contributed by atoms with Crippen molar-refractivity contribution in [3.63, 3.8) is 0 Å². The minimum Gasteiger partial charge on any atom is -0.369 e. The van der Waals surface area contributed by atoms with Gasteiger partial charge in [-0.15, -0.1) is 0 Å². The summed E-state index contributed by atoms with van der Waals surface area (Å²) in [5, 5.41) is 6.25. The van der Waals surface area contributed by atoms with Gasteiger partial charge >= 0.3 is 0 Å². The Morgan fingerprint density at radius 1 is 1.11 bits per heavy atom. The third-order valence-electron chi connectivity index (χ3n) is 3.70. The van der Waals surface area contributed by atoms with Crippen LogP contribution >= 0.6 is 0 Å². The molecule has 0 radical (unpaired) electrons. The second-order valence-electron chi connectivity index (χ2n) is 5.15. The molecule has 1 fully saturated rings. The molecule has 1 unspecified atom stereocenters. The van der Waals surface area contributed by atoms with E-state index in [1.165, 1.54) is 22.9 Å². The lowest BCUT2D eigenvalue weighted by atomic mass is 10.1. The fraction of sp³-hybridized carbons (Fsp3) is 0.375. The van der Waals surface area contributed by atoms with Gasteiger partial charge in [0.2, 0.25) is 0 Å². The highest BCUT2D eigenvalue weighted by Crippen LogP contribution is 2.27. The highest BCUT2D eigenvalue weighted by Gasteiger charge is 2.15. The summed E-state index contributed by atoms with van der Waals surface area (Å²) in [5.74, 6) is 0. The SMILES string of the molecule is CC1CN(c2cccc3ccccc23)CCCN1. The minimum absolute atomic E-state index is 0.562. The van der Waals surface area contributed by atoms with Crippen LogP contribution in [-0.2, 0) is 0 Å². The molecule has 2 aromatic rings. The molecule has 0 saturated carbocycles. The second-order valence-corrected chi connectivity index (χ2v) is 5.15. The molecular weight excluding hydrogens is 220 g/mol. The maximum atomic E-state index is 3.55. The maximum absolute atomic E-state index is 3.55. The van der Waals surface area contributed by atoms with Crippen LogP contribution in [0.3, 0.4) is 0 Å². The Kier molecular flexibility index (Phi) is 3.20. The van der Waals surface area contributed by atoms with Crippen LogP contribution in [-0.4, -0.2) is 25.7 Å². The van der Waals surface area contributed by atoms with Gasteiger partial charge in [0.1, 0.15) is 0 Å². The highest BCUT2D eigenvalue weighted by atomic mass is 15.2. The van der Waals surface area contributed by atoms with Crippen LogP contribution in [0.1, 0.15) is 13.3 Å². The molecule has 2 nitrogen and oxygen atoms in total. The quantitative estimate of drug-likeness (QED) is 0.824. The van der Waals surface area contributed by atoms with Gasteiger partial charge in [-0.2, -0.15) is 0 Å². The Balaban J connectivity index is 2.02. The van der Waals surface area contributed by atoms with Gasteiger partial charge in [-0.1, -0.05) is 36.4 Å². The van der Waals surface area contributed by atoms with Gasteiger partial charge in [0.25, 0.3) is 0 Å². The molecule has 0 spiro atoms. The predicted molar refractivity (Wildman–Crippen MR) is 78.2 cm³/mol. The van der Waals surface area contributed by atoms with Crippen LogP contribution in [0, 0.1) is 0 Å². The van der Waals surface area contributed by atoms with Crippen molar-refractivity contribution in [2.24, 2.45) is 0 Å². The molecule has 0 bridgehead atoms. The first-order valence-corrected chi connectivity index (χ1v) is 6.81. The van der Waals surface area contributed by atoms with E-state index >= 15 is 0 Å². The van der Waals surface area contributed by atoms with Crippen LogP contribution in [0.25, 0.3) is 10.8 Å². The van der Waals surface area contributed by atoms with Crippen LogP contribution in [0.5, 0.6) is 0 Å². The maximum Gasteiger partial charge on any atom is 0.0446 e. The molecule has 1 heterocycles. The van der Waals surface area contributed by atoms with E-state index in [-0.39, 0.29) is 0 Å². The summed E-state index contributed by atoms with van der Waals surface area (Å²) in [5.41, 5.74) is 1.38. The zero-order chi connectivity index (χ0) is 12.4. The van der Waals surface area contributed by atoms with Gasteiger partial charge in [-0.05, 0) is 31.3 Å². The summed E-state index contributed by atoms with van der Waals surface area (Å²) in [6.45, 7) is 5.63. The Bertz CT molecular complexity index is 530. The topological polar surface area (TPSA) is 15.3 Å². The van der Waals surface area contributed by atoms with Crippen LogP contribution in [0.4, 0.5) is 5.69 Å². The first kappa shape index (κ1) is 11.5. The fourth-order valence-corrected chi connectivity index (χ4v) is 2.81. The van der Waals surface area contributed by atoms with Gasteiger partial charge in [0, 0.05) is 30.2 Å². The average Bonchev–Trinajstić information content (AvgIpc) is 2.63. The van der Waals surface area contributed by atoms with Gasteiger partial charge in [0.15, 0.2) is 0 Å². The molecule has 18 heavy (non-hydrogen) atoms. The largest absolute Gasteiger partial charge is 0.369 e. The van der Waals surface area contributed by atoms with Crippen LogP contribution < -0.4 is 10.2 Å². The van der Waals surface area contributed by atoms with Crippen molar-refractivity contribution in [2.45, 2.75) is 19.4 Å². The van der Waals surface area contributed by atoms with E-state index in [0.717, 1.165) is 19.6 Å². The van der Waals surface area contributed by atoms with Gasteiger partial charge in [-0.25, -0.2) is 0 Å². The summed E-state index contributed by atoms with van der Waals surface area (Å²) < 4.78 is 0. The number of rotatable bonds is 1. The lowest BCUT2D eigenvalue weighted by Gasteiger charge is -2.26. The summed E-state index contributed by atoms with van der Waals surface area (Å²) in [7, 11) is 0. The van der Waals surface area contributed by atoms with E-state index in [1.54, 1.807) is 0 Å². The molecule has 2 heteroatoms. The first-order chi connectivity index (χ1) is 8.84. The molecule has 1 saturated heterocycles. The molecule has 1 aliphatic rings. The van der Waals surface area contributed by atoms with Gasteiger partial charge in [0.05, 0.1) is 0 Å². The standard InChI is InChI=1S/C16H20N2/c1-13-12-18(11-5-10-17-13)16-9-4-7-14-6-2-3-8-15(14)16/h2-4,6-9,13,17H,5,10-12H2,1H3. The fourth-order valence-electron chi connectivity index (χ4n) is 2.81. The number of nitrogens with one attached hydrogen (secondary N) is 1. The van der Waals surface area contributed by atoms with Gasteiger partial charge < -0.3 is 10.2 Å². The Hall–Kier alpha value is -1.54. The third-order valence-corrected chi connectivity index (χ3v) is 3.70. The molecule has 3 rings (SSSR count). The molecule has 2 aromatic carbocycles. The Morgan fingerprint density at radius 2 is 1.94 bits per heavy atom. The molecule has 94 valence electrons. The van der Waals surface area contributed by atoms with E-state index < -0.39 is 0 Å². The summed E-state index contributed by atoms with van der Waals surface area (Å²) in [6.07, 6.45) is 1.22. The molecule has 1 N–H and O–H groups in total. The monoisotopic (exact) mass is 240 g/mol. The van der Waals surface area contributed by atoms with Crippen molar-refractivity contribution in [3.05, 3.63) is 42.5 Å². The van der Waals surface area contributed by atoms with Crippen molar-refractivity contribution in [2.75, 3.05) is 24.5 Å². The lowest BCUT2D eigenvalue weighted by molar-refractivity contribution is 0.585. The van der Waals surface area contributed by atoms with Crippen LogP contribution in [0.2, 0.25) is 0 Å². The zero-order valence-corrected chi connectivity index (χ0v) is 10.9.